The second kappa shape index (κ2) is 10.6. The molecule has 0 radical (unpaired) electrons. The van der Waals surface area contributed by atoms with Crippen LogP contribution in [0.2, 0.25) is 0 Å². The van der Waals surface area contributed by atoms with Gasteiger partial charge in [0, 0.05) is 48.3 Å². The number of hydrogen-bond acceptors (Lipinski definition) is 8. The number of ether oxygens (including phenoxy) is 5. The normalized spacial score (nSPS) is 10.8. The highest BCUT2D eigenvalue weighted by Crippen LogP contribution is 2.34. The van der Waals surface area contributed by atoms with Crippen LogP contribution < -0.4 is 29.0 Å². The minimum absolute atomic E-state index is 0.170. The van der Waals surface area contributed by atoms with Crippen LogP contribution in [0.3, 0.4) is 0 Å². The van der Waals surface area contributed by atoms with Crippen LogP contribution in [0, 0.1) is 0 Å². The average Bonchev–Trinajstić information content (AvgIpc) is 3.48. The first kappa shape index (κ1) is 24.2. The van der Waals surface area contributed by atoms with E-state index in [1.807, 2.05) is 28.8 Å². The zero-order valence-corrected chi connectivity index (χ0v) is 21.0. The standard InChI is InChI=1S/C25H27N3O6S/c1-30-16-8-15(9-17(10-16)31-2)20-13-28-14-23(35-25(28)27-20)24(29)26-7-6-19-21(33-4)11-18(32-3)12-22(19)34-5/h8-14H,6-7H2,1-5H3,(H,26,29). The number of carbonyl (C=O) groups is 1. The van der Waals surface area contributed by atoms with E-state index in [2.05, 4.69) is 10.3 Å². The number of hydrogen-bond donors (Lipinski definition) is 1. The Hall–Kier alpha value is -3.92. The highest BCUT2D eigenvalue weighted by molar-refractivity contribution is 7.18. The molecular formula is C25H27N3O6S. The summed E-state index contributed by atoms with van der Waals surface area (Å²) in [4.78, 5) is 18.7. The van der Waals surface area contributed by atoms with Crippen LogP contribution in [-0.2, 0) is 6.42 Å². The van der Waals surface area contributed by atoms with E-state index in [0.29, 0.717) is 51.6 Å². The maximum atomic E-state index is 12.8. The molecule has 9 nitrogen and oxygen atoms in total. The molecule has 2 heterocycles. The van der Waals surface area contributed by atoms with Crippen molar-refractivity contribution >= 4 is 22.2 Å². The van der Waals surface area contributed by atoms with Crippen LogP contribution in [0.5, 0.6) is 28.7 Å². The summed E-state index contributed by atoms with van der Waals surface area (Å²) >= 11 is 1.32. The maximum Gasteiger partial charge on any atom is 0.263 e. The van der Waals surface area contributed by atoms with Crippen LogP contribution in [0.1, 0.15) is 15.2 Å². The van der Waals surface area contributed by atoms with Crippen molar-refractivity contribution < 1.29 is 28.5 Å². The van der Waals surface area contributed by atoms with Gasteiger partial charge in [-0.2, -0.15) is 0 Å². The minimum Gasteiger partial charge on any atom is -0.497 e. The van der Waals surface area contributed by atoms with Crippen molar-refractivity contribution in [3.63, 3.8) is 0 Å². The summed E-state index contributed by atoms with van der Waals surface area (Å²) in [6.45, 7) is 0.410. The van der Waals surface area contributed by atoms with E-state index in [1.165, 1.54) is 11.3 Å². The Labute approximate surface area is 207 Å². The third-order valence-corrected chi connectivity index (χ3v) is 6.50. The van der Waals surface area contributed by atoms with Crippen LogP contribution in [0.25, 0.3) is 16.2 Å². The lowest BCUT2D eigenvalue weighted by Crippen LogP contribution is -2.25. The van der Waals surface area contributed by atoms with Gasteiger partial charge in [0.2, 0.25) is 0 Å². The van der Waals surface area contributed by atoms with Crippen molar-refractivity contribution in [2.45, 2.75) is 6.42 Å². The fourth-order valence-electron chi connectivity index (χ4n) is 3.71. The first-order chi connectivity index (χ1) is 17.0. The number of rotatable bonds is 10. The average molecular weight is 498 g/mol. The van der Waals surface area contributed by atoms with E-state index in [4.69, 9.17) is 23.7 Å². The molecule has 0 bridgehead atoms. The van der Waals surface area contributed by atoms with Crippen molar-refractivity contribution in [3.8, 4) is 40.0 Å². The molecule has 0 saturated carbocycles. The molecule has 0 saturated heterocycles. The van der Waals surface area contributed by atoms with E-state index in [1.54, 1.807) is 53.9 Å². The van der Waals surface area contributed by atoms with Gasteiger partial charge >= 0.3 is 0 Å². The number of imidazole rings is 1. The van der Waals surface area contributed by atoms with Gasteiger partial charge in [-0.3, -0.25) is 9.20 Å². The molecule has 0 fully saturated rings. The van der Waals surface area contributed by atoms with Crippen molar-refractivity contribution in [1.29, 1.82) is 0 Å². The number of benzene rings is 2. The van der Waals surface area contributed by atoms with Crippen molar-refractivity contribution in [2.75, 3.05) is 42.1 Å². The second-order valence-electron chi connectivity index (χ2n) is 7.53. The van der Waals surface area contributed by atoms with Gasteiger partial charge in [0.15, 0.2) is 4.96 Å². The van der Waals surface area contributed by atoms with Gasteiger partial charge in [-0.25, -0.2) is 4.98 Å². The van der Waals surface area contributed by atoms with E-state index in [-0.39, 0.29) is 5.91 Å². The second-order valence-corrected chi connectivity index (χ2v) is 8.54. The lowest BCUT2D eigenvalue weighted by molar-refractivity contribution is 0.0957. The maximum absolute atomic E-state index is 12.8. The van der Waals surface area contributed by atoms with Crippen LogP contribution in [0.15, 0.2) is 42.7 Å². The van der Waals surface area contributed by atoms with E-state index >= 15 is 0 Å². The summed E-state index contributed by atoms with van der Waals surface area (Å²) in [6.07, 6.45) is 4.19. The molecule has 4 aromatic rings. The zero-order valence-electron chi connectivity index (χ0n) is 20.2. The zero-order chi connectivity index (χ0) is 24.9. The molecule has 184 valence electrons. The quantitative estimate of drug-likeness (QED) is 0.353. The van der Waals surface area contributed by atoms with Gasteiger partial charge in [0.25, 0.3) is 5.91 Å². The minimum atomic E-state index is -0.170. The molecule has 1 N–H and O–H groups in total. The van der Waals surface area contributed by atoms with Gasteiger partial charge in [-0.05, 0) is 18.6 Å². The van der Waals surface area contributed by atoms with Crippen LogP contribution in [0.4, 0.5) is 0 Å². The number of thiazole rings is 1. The lowest BCUT2D eigenvalue weighted by atomic mass is 10.1. The highest BCUT2D eigenvalue weighted by Gasteiger charge is 2.16. The molecule has 0 atom stereocenters. The van der Waals surface area contributed by atoms with Crippen LogP contribution >= 0.6 is 11.3 Å². The van der Waals surface area contributed by atoms with Gasteiger partial charge in [-0.1, -0.05) is 11.3 Å². The molecule has 4 rings (SSSR count). The van der Waals surface area contributed by atoms with E-state index in [0.717, 1.165) is 16.8 Å². The third kappa shape index (κ3) is 5.12. The molecule has 0 aliphatic rings. The highest BCUT2D eigenvalue weighted by atomic mass is 32.1. The summed E-state index contributed by atoms with van der Waals surface area (Å²) in [7, 11) is 7.98. The largest absolute Gasteiger partial charge is 0.497 e. The number of carbonyl (C=O) groups excluding carboxylic acids is 1. The Morgan fingerprint density at radius 3 is 2.00 bits per heavy atom. The predicted molar refractivity (Wildman–Crippen MR) is 134 cm³/mol. The van der Waals surface area contributed by atoms with E-state index < -0.39 is 0 Å². The SMILES string of the molecule is COc1cc(OC)cc(-c2cn3cc(C(=O)NCCc4c(OC)cc(OC)cc4OC)sc3n2)c1. The fourth-order valence-corrected chi connectivity index (χ4v) is 4.59. The van der Waals surface area contributed by atoms with Gasteiger partial charge in [-0.15, -0.1) is 0 Å². The monoisotopic (exact) mass is 497 g/mol. The molecule has 0 spiro atoms. The first-order valence-corrected chi connectivity index (χ1v) is 11.6. The Kier molecular flexibility index (Phi) is 7.31. The van der Waals surface area contributed by atoms with Crippen molar-refractivity contribution in [3.05, 3.63) is 53.2 Å². The molecule has 1 amide bonds. The molecule has 2 aromatic heterocycles. The molecule has 35 heavy (non-hydrogen) atoms. The molecule has 0 unspecified atom stereocenters. The topological polar surface area (TPSA) is 92.6 Å². The Balaban J connectivity index is 1.46. The summed E-state index contributed by atoms with van der Waals surface area (Å²) in [5.74, 6) is 3.12. The number of fused-ring (bicyclic) bond motifs is 1. The van der Waals surface area contributed by atoms with Gasteiger partial charge in [0.05, 0.1) is 41.2 Å². The van der Waals surface area contributed by atoms with Crippen molar-refractivity contribution in [2.24, 2.45) is 0 Å². The molecular weight excluding hydrogens is 470 g/mol. The predicted octanol–water partition coefficient (Wildman–Crippen LogP) is 4.08. The smallest absolute Gasteiger partial charge is 0.263 e. The molecule has 10 heteroatoms. The van der Waals surface area contributed by atoms with Crippen molar-refractivity contribution in [1.82, 2.24) is 14.7 Å². The summed E-state index contributed by atoms with van der Waals surface area (Å²) in [5, 5.41) is 2.96. The molecule has 2 aromatic carbocycles. The number of nitrogens with zero attached hydrogens (tertiary/aromatic N) is 2. The number of amides is 1. The van der Waals surface area contributed by atoms with Gasteiger partial charge in [0.1, 0.15) is 33.6 Å². The molecule has 0 aliphatic heterocycles. The van der Waals surface area contributed by atoms with Gasteiger partial charge < -0.3 is 29.0 Å². The lowest BCUT2D eigenvalue weighted by Gasteiger charge is -2.15. The first-order valence-electron chi connectivity index (χ1n) is 10.8. The Bertz CT molecular complexity index is 1270. The summed E-state index contributed by atoms with van der Waals surface area (Å²) in [6, 6.07) is 9.18. The summed E-state index contributed by atoms with van der Waals surface area (Å²) in [5.41, 5.74) is 2.49. The fraction of sp³-hybridized carbons (Fsp3) is 0.280. The number of aromatic nitrogens is 2. The van der Waals surface area contributed by atoms with E-state index in [9.17, 15) is 4.79 Å². The number of methoxy groups -OCH3 is 5. The third-order valence-electron chi connectivity index (χ3n) is 5.50. The molecule has 0 aliphatic carbocycles. The van der Waals surface area contributed by atoms with Crippen LogP contribution in [-0.4, -0.2) is 57.4 Å². The Morgan fingerprint density at radius 2 is 1.46 bits per heavy atom. The summed E-state index contributed by atoms with van der Waals surface area (Å²) < 4.78 is 28.8. The Morgan fingerprint density at radius 1 is 0.857 bits per heavy atom. The number of nitrogens with one attached hydrogen (secondary N) is 1.